The van der Waals surface area contributed by atoms with Gasteiger partial charge in [-0.1, -0.05) is 6.92 Å². The average Bonchev–Trinajstić information content (AvgIpc) is 2.48. The molecule has 1 saturated heterocycles. The summed E-state index contributed by atoms with van der Waals surface area (Å²) in [5.74, 6) is 1.16. The van der Waals surface area contributed by atoms with Gasteiger partial charge in [0.05, 0.1) is 12.7 Å². The second-order valence-corrected chi connectivity index (χ2v) is 6.13. The minimum Gasteiger partial charge on any atom is -0.375 e. The van der Waals surface area contributed by atoms with Gasteiger partial charge in [-0.2, -0.15) is 11.8 Å². The molecule has 2 atom stereocenters. The maximum Gasteiger partial charge on any atom is 0.126 e. The van der Waals surface area contributed by atoms with Gasteiger partial charge in [-0.15, -0.1) is 0 Å². The number of rotatable bonds is 6. The third-order valence-corrected chi connectivity index (χ3v) is 4.41. The summed E-state index contributed by atoms with van der Waals surface area (Å²) >= 11 is 1.85. The third kappa shape index (κ3) is 4.43. The highest BCUT2D eigenvalue weighted by atomic mass is 32.2. The molecule has 0 aliphatic carbocycles. The molecule has 0 bridgehead atoms. The van der Waals surface area contributed by atoms with Crippen LogP contribution in [0.4, 0.5) is 8.78 Å². The number of thioether (sulfide) groups is 1. The van der Waals surface area contributed by atoms with E-state index in [1.54, 1.807) is 0 Å². The molecule has 0 saturated carbocycles. The first kappa shape index (κ1) is 15.7. The number of benzene rings is 1. The van der Waals surface area contributed by atoms with E-state index in [9.17, 15) is 8.78 Å². The number of nitrogens with one attached hydrogen (secondary N) is 1. The molecule has 112 valence electrons. The van der Waals surface area contributed by atoms with Gasteiger partial charge < -0.3 is 10.1 Å². The van der Waals surface area contributed by atoms with Crippen LogP contribution in [0, 0.1) is 11.6 Å². The normalized spacial score (nSPS) is 20.9. The van der Waals surface area contributed by atoms with Crippen molar-refractivity contribution >= 4 is 11.8 Å². The quantitative estimate of drug-likeness (QED) is 0.873. The zero-order valence-corrected chi connectivity index (χ0v) is 12.5. The molecular weight excluding hydrogens is 280 g/mol. The van der Waals surface area contributed by atoms with Gasteiger partial charge in [0.15, 0.2) is 0 Å². The summed E-state index contributed by atoms with van der Waals surface area (Å²) in [6.07, 6.45) is 1.51. The van der Waals surface area contributed by atoms with E-state index in [0.29, 0.717) is 12.0 Å². The third-order valence-electron chi connectivity index (χ3n) is 3.39. The SMILES string of the molecule is CCCNC(Cc1cc(F)ccc1F)C1CSCCO1. The number of hydrogen-bond acceptors (Lipinski definition) is 3. The van der Waals surface area contributed by atoms with Crippen molar-refractivity contribution in [3.8, 4) is 0 Å². The van der Waals surface area contributed by atoms with E-state index in [2.05, 4.69) is 12.2 Å². The zero-order valence-electron chi connectivity index (χ0n) is 11.7. The van der Waals surface area contributed by atoms with Crippen LogP contribution in [0.1, 0.15) is 18.9 Å². The summed E-state index contributed by atoms with van der Waals surface area (Å²) in [5, 5.41) is 3.41. The van der Waals surface area contributed by atoms with Crippen LogP contribution in [-0.4, -0.2) is 36.8 Å². The molecule has 5 heteroatoms. The van der Waals surface area contributed by atoms with Gasteiger partial charge in [-0.3, -0.25) is 0 Å². The number of ether oxygens (including phenoxy) is 1. The molecule has 0 aromatic heterocycles. The molecule has 0 radical (unpaired) electrons. The first-order valence-electron chi connectivity index (χ1n) is 7.07. The zero-order chi connectivity index (χ0) is 14.4. The second-order valence-electron chi connectivity index (χ2n) is 4.98. The Morgan fingerprint density at radius 3 is 3.00 bits per heavy atom. The summed E-state index contributed by atoms with van der Waals surface area (Å²) in [5.41, 5.74) is 0.415. The summed E-state index contributed by atoms with van der Waals surface area (Å²) in [6, 6.07) is 3.66. The topological polar surface area (TPSA) is 21.3 Å². The van der Waals surface area contributed by atoms with Gasteiger partial charge in [0, 0.05) is 17.5 Å². The van der Waals surface area contributed by atoms with E-state index in [0.717, 1.165) is 37.1 Å². The lowest BCUT2D eigenvalue weighted by molar-refractivity contribution is 0.0470. The van der Waals surface area contributed by atoms with E-state index in [-0.39, 0.29) is 18.0 Å². The fourth-order valence-corrected chi connectivity index (χ4v) is 3.28. The fourth-order valence-electron chi connectivity index (χ4n) is 2.34. The Balaban J connectivity index is 2.07. The summed E-state index contributed by atoms with van der Waals surface area (Å²) in [7, 11) is 0. The molecule has 20 heavy (non-hydrogen) atoms. The first-order chi connectivity index (χ1) is 9.70. The molecular formula is C15H21F2NOS. The Hall–Kier alpha value is -0.650. The molecule has 1 aliphatic heterocycles. The summed E-state index contributed by atoms with van der Waals surface area (Å²) in [4.78, 5) is 0. The highest BCUT2D eigenvalue weighted by Crippen LogP contribution is 2.20. The van der Waals surface area contributed by atoms with Crippen LogP contribution < -0.4 is 5.32 Å². The van der Waals surface area contributed by atoms with Crippen molar-refractivity contribution in [2.75, 3.05) is 24.7 Å². The largest absolute Gasteiger partial charge is 0.375 e. The van der Waals surface area contributed by atoms with Crippen LogP contribution in [0.3, 0.4) is 0 Å². The van der Waals surface area contributed by atoms with Crippen molar-refractivity contribution in [2.45, 2.75) is 31.9 Å². The van der Waals surface area contributed by atoms with E-state index in [1.807, 2.05) is 11.8 Å². The average molecular weight is 301 g/mol. The Morgan fingerprint density at radius 2 is 2.30 bits per heavy atom. The molecule has 1 fully saturated rings. The molecule has 1 aliphatic rings. The second kappa shape index (κ2) is 7.96. The minimum absolute atomic E-state index is 0.0269. The van der Waals surface area contributed by atoms with Gasteiger partial charge >= 0.3 is 0 Å². The minimum atomic E-state index is -0.394. The Morgan fingerprint density at radius 1 is 1.45 bits per heavy atom. The van der Waals surface area contributed by atoms with Gasteiger partial charge in [0.1, 0.15) is 11.6 Å². The Bertz CT molecular complexity index is 424. The molecule has 2 rings (SSSR count). The highest BCUT2D eigenvalue weighted by Gasteiger charge is 2.25. The molecule has 1 heterocycles. The summed E-state index contributed by atoms with van der Waals surface area (Å²) < 4.78 is 32.8. The van der Waals surface area contributed by atoms with E-state index in [4.69, 9.17) is 4.74 Å². The van der Waals surface area contributed by atoms with E-state index < -0.39 is 5.82 Å². The molecule has 2 unspecified atom stereocenters. The van der Waals surface area contributed by atoms with Crippen LogP contribution >= 0.6 is 11.8 Å². The van der Waals surface area contributed by atoms with Crippen molar-refractivity contribution in [3.63, 3.8) is 0 Å². The van der Waals surface area contributed by atoms with Crippen molar-refractivity contribution in [1.82, 2.24) is 5.32 Å². The Labute approximate surface area is 123 Å². The lowest BCUT2D eigenvalue weighted by Gasteiger charge is -2.31. The van der Waals surface area contributed by atoms with Gasteiger partial charge in [0.25, 0.3) is 0 Å². The molecule has 0 spiro atoms. The molecule has 0 amide bonds. The predicted octanol–water partition coefficient (Wildman–Crippen LogP) is 3.01. The fraction of sp³-hybridized carbons (Fsp3) is 0.600. The van der Waals surface area contributed by atoms with Gasteiger partial charge in [-0.25, -0.2) is 8.78 Å². The maximum absolute atomic E-state index is 13.8. The van der Waals surface area contributed by atoms with Crippen LogP contribution in [0.25, 0.3) is 0 Å². The van der Waals surface area contributed by atoms with Crippen LogP contribution in [0.15, 0.2) is 18.2 Å². The standard InChI is InChI=1S/C15H21F2NOS/c1-2-5-18-14(15-10-20-7-6-19-15)9-11-8-12(16)3-4-13(11)17/h3-4,8,14-15,18H,2,5-7,9-10H2,1H3. The smallest absolute Gasteiger partial charge is 0.126 e. The van der Waals surface area contributed by atoms with Crippen LogP contribution in [-0.2, 0) is 11.2 Å². The van der Waals surface area contributed by atoms with Gasteiger partial charge in [-0.05, 0) is 43.1 Å². The molecule has 1 aromatic carbocycles. The lowest BCUT2D eigenvalue weighted by atomic mass is 10.0. The Kier molecular flexibility index (Phi) is 6.26. The molecule has 1 aromatic rings. The molecule has 1 N–H and O–H groups in total. The van der Waals surface area contributed by atoms with E-state index in [1.165, 1.54) is 12.1 Å². The summed E-state index contributed by atoms with van der Waals surface area (Å²) in [6.45, 7) is 3.67. The van der Waals surface area contributed by atoms with Gasteiger partial charge in [0.2, 0.25) is 0 Å². The molecule has 2 nitrogen and oxygen atoms in total. The van der Waals surface area contributed by atoms with Crippen molar-refractivity contribution in [2.24, 2.45) is 0 Å². The van der Waals surface area contributed by atoms with Crippen molar-refractivity contribution in [1.29, 1.82) is 0 Å². The number of halogens is 2. The van der Waals surface area contributed by atoms with Crippen LogP contribution in [0.2, 0.25) is 0 Å². The lowest BCUT2D eigenvalue weighted by Crippen LogP contribution is -2.46. The maximum atomic E-state index is 13.8. The monoisotopic (exact) mass is 301 g/mol. The van der Waals surface area contributed by atoms with E-state index >= 15 is 0 Å². The van der Waals surface area contributed by atoms with Crippen molar-refractivity contribution in [3.05, 3.63) is 35.4 Å². The highest BCUT2D eigenvalue weighted by molar-refractivity contribution is 7.99. The van der Waals surface area contributed by atoms with Crippen molar-refractivity contribution < 1.29 is 13.5 Å². The van der Waals surface area contributed by atoms with Crippen LogP contribution in [0.5, 0.6) is 0 Å². The predicted molar refractivity (Wildman–Crippen MR) is 79.2 cm³/mol. The first-order valence-corrected chi connectivity index (χ1v) is 8.23. The number of hydrogen-bond donors (Lipinski definition) is 1.